The molecule has 0 aromatic heterocycles. The monoisotopic (exact) mass is 489 g/mol. The molecule has 0 saturated carbocycles. The molecule has 3 aromatic rings. The van der Waals surface area contributed by atoms with Crippen molar-refractivity contribution < 1.29 is 28.2 Å². The molecule has 7 nitrogen and oxygen atoms in total. The quantitative estimate of drug-likeness (QED) is 0.395. The molecule has 33 heavy (non-hydrogen) atoms. The van der Waals surface area contributed by atoms with Crippen molar-refractivity contribution in [3.8, 4) is 5.75 Å². The van der Waals surface area contributed by atoms with E-state index in [1.54, 1.807) is 36.4 Å². The maximum atomic E-state index is 12.7. The van der Waals surface area contributed by atoms with Crippen LogP contribution in [0.3, 0.4) is 0 Å². The molecule has 9 heteroatoms. The molecule has 3 aromatic carbocycles. The van der Waals surface area contributed by atoms with Crippen LogP contribution in [0, 0.1) is 0 Å². The number of nitrogens with one attached hydrogen (secondary N) is 1. The third kappa shape index (κ3) is 6.55. The van der Waals surface area contributed by atoms with Gasteiger partial charge in [0.05, 0.1) is 21.5 Å². The number of halogens is 1. The van der Waals surface area contributed by atoms with E-state index in [2.05, 4.69) is 5.32 Å². The maximum absolute atomic E-state index is 12.7. The average Bonchev–Trinajstić information content (AvgIpc) is 2.81. The fourth-order valence-corrected chi connectivity index (χ4v) is 4.51. The number of aliphatic hydroxyl groups is 1. The van der Waals surface area contributed by atoms with Gasteiger partial charge in [-0.2, -0.15) is 0 Å². The molecule has 0 spiro atoms. The molecule has 0 saturated heterocycles. The summed E-state index contributed by atoms with van der Waals surface area (Å²) in [6.07, 6.45) is -0.708. The second-order valence-corrected chi connectivity index (χ2v) is 9.88. The highest BCUT2D eigenvalue weighted by Crippen LogP contribution is 2.24. The first-order valence-corrected chi connectivity index (χ1v) is 12.0. The Bertz CT molecular complexity index is 1200. The fourth-order valence-electron chi connectivity index (χ4n) is 3.05. The van der Waals surface area contributed by atoms with Gasteiger partial charge in [-0.05, 0) is 73.2 Å². The van der Waals surface area contributed by atoms with E-state index in [0.29, 0.717) is 23.9 Å². The predicted octanol–water partition coefficient (Wildman–Crippen LogP) is 3.96. The van der Waals surface area contributed by atoms with Gasteiger partial charge in [-0.25, -0.2) is 13.2 Å². The van der Waals surface area contributed by atoms with Crippen molar-refractivity contribution in [2.75, 3.05) is 13.2 Å². The molecule has 0 aliphatic heterocycles. The molecule has 2 atom stereocenters. The summed E-state index contributed by atoms with van der Waals surface area (Å²) in [5.41, 5.74) is 0.734. The zero-order chi connectivity index (χ0) is 24.0. The number of sulfone groups is 1. The Labute approximate surface area is 197 Å². The summed E-state index contributed by atoms with van der Waals surface area (Å²) in [7, 11) is -3.78. The van der Waals surface area contributed by atoms with Crippen molar-refractivity contribution in [1.29, 1.82) is 0 Å². The van der Waals surface area contributed by atoms with Gasteiger partial charge in [0.2, 0.25) is 9.84 Å². The minimum atomic E-state index is -3.78. The third-order valence-electron chi connectivity index (χ3n) is 4.94. The standard InChI is InChI=1S/C24H24ClNO6S/c1-16(26-14-23(27)18-3-2-4-19(25)13-18)15-32-20-7-11-22(12-8-20)33(30,31)21-9-5-17(6-10-21)24(28)29/h2-13,16,23,26-27H,14-15H2,1H3,(H,28,29)/t16-,23-/m1/s1. The van der Waals surface area contributed by atoms with Crippen LogP contribution in [0.1, 0.15) is 28.9 Å². The molecule has 0 heterocycles. The van der Waals surface area contributed by atoms with Gasteiger partial charge in [-0.15, -0.1) is 0 Å². The first-order chi connectivity index (χ1) is 15.7. The largest absolute Gasteiger partial charge is 0.492 e. The summed E-state index contributed by atoms with van der Waals surface area (Å²) in [5, 5.41) is 23.0. The number of aliphatic hydroxyl groups excluding tert-OH is 1. The lowest BCUT2D eigenvalue weighted by molar-refractivity contribution is 0.0696. The smallest absolute Gasteiger partial charge is 0.335 e. The van der Waals surface area contributed by atoms with E-state index in [9.17, 15) is 18.3 Å². The second kappa shape index (κ2) is 10.8. The molecule has 3 N–H and O–H groups in total. The fraction of sp³-hybridized carbons (Fsp3) is 0.208. The van der Waals surface area contributed by atoms with E-state index in [0.717, 1.165) is 5.56 Å². The van der Waals surface area contributed by atoms with Crippen molar-refractivity contribution >= 4 is 27.4 Å². The van der Waals surface area contributed by atoms with Crippen LogP contribution in [0.5, 0.6) is 5.75 Å². The lowest BCUT2D eigenvalue weighted by Gasteiger charge is -2.18. The van der Waals surface area contributed by atoms with Crippen molar-refractivity contribution in [3.63, 3.8) is 0 Å². The van der Waals surface area contributed by atoms with Crippen molar-refractivity contribution in [2.24, 2.45) is 0 Å². The summed E-state index contributed by atoms with van der Waals surface area (Å²) < 4.78 is 31.2. The highest BCUT2D eigenvalue weighted by Gasteiger charge is 2.18. The summed E-state index contributed by atoms with van der Waals surface area (Å²) in [4.78, 5) is 11.0. The Balaban J connectivity index is 1.54. The van der Waals surface area contributed by atoms with E-state index in [1.165, 1.54) is 36.4 Å². The Hall–Kier alpha value is -2.91. The van der Waals surface area contributed by atoms with E-state index < -0.39 is 21.9 Å². The molecule has 0 amide bonds. The topological polar surface area (TPSA) is 113 Å². The first-order valence-electron chi connectivity index (χ1n) is 10.1. The summed E-state index contributed by atoms with van der Waals surface area (Å²) in [6, 6.07) is 18.0. The van der Waals surface area contributed by atoms with Crippen molar-refractivity contribution in [2.45, 2.75) is 28.9 Å². The normalized spacial score (nSPS) is 13.3. The Morgan fingerprint density at radius 3 is 2.21 bits per heavy atom. The van der Waals surface area contributed by atoms with Gasteiger partial charge >= 0.3 is 5.97 Å². The summed E-state index contributed by atoms with van der Waals surface area (Å²) in [5.74, 6) is -0.623. The molecular formula is C24H24ClNO6S. The van der Waals surface area contributed by atoms with Gasteiger partial charge in [-0.1, -0.05) is 23.7 Å². The average molecular weight is 490 g/mol. The number of carbonyl (C=O) groups is 1. The number of hydrogen-bond donors (Lipinski definition) is 3. The SMILES string of the molecule is C[C@H](COc1ccc(S(=O)(=O)c2ccc(C(=O)O)cc2)cc1)NC[C@@H](O)c1cccc(Cl)c1. The predicted molar refractivity (Wildman–Crippen MR) is 125 cm³/mol. The Morgan fingerprint density at radius 1 is 1.03 bits per heavy atom. The molecule has 0 bridgehead atoms. The van der Waals surface area contributed by atoms with Crippen molar-refractivity contribution in [1.82, 2.24) is 5.32 Å². The van der Waals surface area contributed by atoms with Crippen LogP contribution in [0.15, 0.2) is 82.6 Å². The highest BCUT2D eigenvalue weighted by molar-refractivity contribution is 7.91. The number of ether oxygens (including phenoxy) is 1. The molecular weight excluding hydrogens is 466 g/mol. The number of hydrogen-bond acceptors (Lipinski definition) is 6. The molecule has 0 fully saturated rings. The molecule has 174 valence electrons. The molecule has 0 aliphatic carbocycles. The van der Waals surface area contributed by atoms with Crippen LogP contribution < -0.4 is 10.1 Å². The van der Waals surface area contributed by atoms with Gasteiger partial charge in [-0.3, -0.25) is 0 Å². The Morgan fingerprint density at radius 2 is 1.64 bits per heavy atom. The highest BCUT2D eigenvalue weighted by atomic mass is 35.5. The van der Waals surface area contributed by atoms with Crippen LogP contribution >= 0.6 is 11.6 Å². The minimum absolute atomic E-state index is 0.0113. The number of carboxylic acid groups (broad SMARTS) is 1. The van der Waals surface area contributed by atoms with E-state index >= 15 is 0 Å². The number of rotatable bonds is 10. The summed E-state index contributed by atoms with van der Waals surface area (Å²) in [6.45, 7) is 2.54. The van der Waals surface area contributed by atoms with E-state index in [1.807, 2.05) is 6.92 Å². The lowest BCUT2D eigenvalue weighted by Crippen LogP contribution is -2.34. The van der Waals surface area contributed by atoms with Crippen LogP contribution in [0.4, 0.5) is 0 Å². The third-order valence-corrected chi connectivity index (χ3v) is 6.96. The number of benzene rings is 3. The van der Waals surface area contributed by atoms with Crippen LogP contribution in [-0.2, 0) is 9.84 Å². The zero-order valence-electron chi connectivity index (χ0n) is 17.8. The van der Waals surface area contributed by atoms with Gasteiger partial charge < -0.3 is 20.3 Å². The molecule has 0 unspecified atom stereocenters. The van der Waals surface area contributed by atoms with E-state index in [4.69, 9.17) is 21.4 Å². The van der Waals surface area contributed by atoms with Crippen molar-refractivity contribution in [3.05, 3.63) is 88.9 Å². The summed E-state index contributed by atoms with van der Waals surface area (Å²) >= 11 is 5.95. The number of carboxylic acids is 1. The first kappa shape index (κ1) is 24.7. The Kier molecular flexibility index (Phi) is 8.10. The molecule has 0 aliphatic rings. The van der Waals surface area contributed by atoms with Gasteiger partial charge in [0.15, 0.2) is 0 Å². The maximum Gasteiger partial charge on any atom is 0.335 e. The molecule has 3 rings (SSSR count). The van der Waals surface area contributed by atoms with Crippen LogP contribution in [-0.4, -0.2) is 43.8 Å². The van der Waals surface area contributed by atoms with E-state index in [-0.39, 0.29) is 21.4 Å². The minimum Gasteiger partial charge on any atom is -0.492 e. The second-order valence-electron chi connectivity index (χ2n) is 7.50. The number of aromatic carboxylic acids is 1. The van der Waals surface area contributed by atoms with Crippen LogP contribution in [0.25, 0.3) is 0 Å². The van der Waals surface area contributed by atoms with Crippen LogP contribution in [0.2, 0.25) is 5.02 Å². The van der Waals surface area contributed by atoms with Gasteiger partial charge in [0.1, 0.15) is 12.4 Å². The van der Waals surface area contributed by atoms with Gasteiger partial charge in [0.25, 0.3) is 0 Å². The van der Waals surface area contributed by atoms with Gasteiger partial charge in [0, 0.05) is 17.6 Å². The zero-order valence-corrected chi connectivity index (χ0v) is 19.4. The lowest BCUT2D eigenvalue weighted by atomic mass is 10.1. The molecule has 0 radical (unpaired) electrons.